The molecule has 7 rings (SSSR count). The first-order chi connectivity index (χ1) is 15.5. The molecule has 7 nitrogen and oxygen atoms in total. The SMILES string of the molecule is COC(=O)c1cc(-c2ccc(/C=N\N3C(=O)[C@@H]4[C@H]5C=C[C@@H]([C@@H]6C[C@@H]56)[C@H]4C3=O)o2)ccc1Cl. The van der Waals surface area contributed by atoms with Gasteiger partial charge in [-0.3, -0.25) is 9.59 Å². The van der Waals surface area contributed by atoms with Crippen LogP contribution < -0.4 is 0 Å². The smallest absolute Gasteiger partial charge is 0.339 e. The van der Waals surface area contributed by atoms with Crippen LogP contribution in [0, 0.1) is 35.5 Å². The Morgan fingerprint density at radius 1 is 1.12 bits per heavy atom. The number of allylic oxidation sites excluding steroid dienone is 2. The maximum Gasteiger partial charge on any atom is 0.339 e. The molecule has 2 amide bonds. The summed E-state index contributed by atoms with van der Waals surface area (Å²) in [6.45, 7) is 0. The molecule has 8 heteroatoms. The average molecular weight is 451 g/mol. The molecule has 162 valence electrons. The lowest BCUT2D eigenvalue weighted by atomic mass is 9.63. The van der Waals surface area contributed by atoms with Crippen LogP contribution >= 0.6 is 11.6 Å². The molecule has 2 heterocycles. The van der Waals surface area contributed by atoms with E-state index in [1.165, 1.54) is 13.3 Å². The normalized spacial score (nSPS) is 31.9. The summed E-state index contributed by atoms with van der Waals surface area (Å²) < 4.78 is 10.5. The maximum absolute atomic E-state index is 13.0. The van der Waals surface area contributed by atoms with Crippen molar-refractivity contribution in [1.82, 2.24) is 5.01 Å². The van der Waals surface area contributed by atoms with Crippen molar-refractivity contribution in [2.75, 3.05) is 7.11 Å². The predicted octanol–water partition coefficient (Wildman–Crippen LogP) is 3.77. The minimum atomic E-state index is -0.543. The van der Waals surface area contributed by atoms with Gasteiger partial charge in [-0.2, -0.15) is 10.1 Å². The van der Waals surface area contributed by atoms with Crippen LogP contribution in [0.5, 0.6) is 0 Å². The van der Waals surface area contributed by atoms with Crippen LogP contribution in [0.15, 0.2) is 52.0 Å². The van der Waals surface area contributed by atoms with Gasteiger partial charge in [0.25, 0.3) is 11.8 Å². The molecule has 1 aromatic carbocycles. The van der Waals surface area contributed by atoms with Crippen molar-refractivity contribution in [3.05, 3.63) is 58.8 Å². The van der Waals surface area contributed by atoms with Crippen LogP contribution in [0.1, 0.15) is 22.5 Å². The minimum Gasteiger partial charge on any atom is -0.465 e. The third kappa shape index (κ3) is 2.73. The molecule has 1 aliphatic heterocycles. The first-order valence-electron chi connectivity index (χ1n) is 10.6. The predicted molar refractivity (Wildman–Crippen MR) is 115 cm³/mol. The minimum absolute atomic E-state index is 0.163. The second kappa shape index (κ2) is 6.90. The molecule has 32 heavy (non-hydrogen) atoms. The quantitative estimate of drug-likeness (QED) is 0.306. The van der Waals surface area contributed by atoms with Gasteiger partial charge in [0.2, 0.25) is 0 Å². The van der Waals surface area contributed by atoms with E-state index in [0.29, 0.717) is 28.9 Å². The zero-order valence-electron chi connectivity index (χ0n) is 17.1. The van der Waals surface area contributed by atoms with Crippen LogP contribution in [0.2, 0.25) is 5.02 Å². The molecule has 1 saturated heterocycles. The van der Waals surface area contributed by atoms with Crippen molar-refractivity contribution < 1.29 is 23.5 Å². The molecule has 3 fully saturated rings. The highest BCUT2D eigenvalue weighted by Crippen LogP contribution is 2.65. The Labute approximate surface area is 188 Å². The topological polar surface area (TPSA) is 89.2 Å². The molecule has 5 aliphatic rings. The van der Waals surface area contributed by atoms with Gasteiger partial charge in [-0.1, -0.05) is 23.8 Å². The van der Waals surface area contributed by atoms with Gasteiger partial charge in [-0.15, -0.1) is 0 Å². The van der Waals surface area contributed by atoms with Crippen molar-refractivity contribution in [1.29, 1.82) is 0 Å². The molecular weight excluding hydrogens is 432 g/mol. The van der Waals surface area contributed by atoms with Crippen molar-refractivity contribution in [2.24, 2.45) is 40.6 Å². The largest absolute Gasteiger partial charge is 0.465 e. The van der Waals surface area contributed by atoms with Crippen LogP contribution in [-0.2, 0) is 14.3 Å². The van der Waals surface area contributed by atoms with Gasteiger partial charge < -0.3 is 9.15 Å². The van der Waals surface area contributed by atoms with Crippen molar-refractivity contribution in [3.8, 4) is 11.3 Å². The van der Waals surface area contributed by atoms with Gasteiger partial charge in [-0.05, 0) is 60.4 Å². The standard InChI is InChI=1S/C24H19ClN2O5/c1-31-24(30)17-8-11(2-6-18(17)25)19-7-3-12(32-19)10-26-27-22(28)20-13-4-5-14(16-9-15(13)16)21(20)23(27)29/h2-8,10,13-16,20-21H,9H2,1H3/b26-10-/t13-,14-,15-,16-,20+,21+/m0/s1. The number of amides is 2. The number of furan rings is 1. The Morgan fingerprint density at radius 2 is 1.81 bits per heavy atom. The zero-order chi connectivity index (χ0) is 22.1. The first kappa shape index (κ1) is 19.5. The summed E-state index contributed by atoms with van der Waals surface area (Å²) in [4.78, 5) is 37.9. The molecular formula is C24H19ClN2O5. The lowest BCUT2D eigenvalue weighted by Gasteiger charge is -2.37. The molecule has 0 spiro atoms. The fourth-order valence-electron chi connectivity index (χ4n) is 5.69. The monoisotopic (exact) mass is 450 g/mol. The van der Waals surface area contributed by atoms with Crippen molar-refractivity contribution in [2.45, 2.75) is 6.42 Å². The summed E-state index contributed by atoms with van der Waals surface area (Å²) >= 11 is 6.07. The summed E-state index contributed by atoms with van der Waals surface area (Å²) in [5.41, 5.74) is 0.867. The molecule has 2 saturated carbocycles. The Morgan fingerprint density at radius 3 is 2.47 bits per heavy atom. The molecule has 0 N–H and O–H groups in total. The summed E-state index contributed by atoms with van der Waals surface area (Å²) in [6.07, 6.45) is 6.76. The van der Waals surface area contributed by atoms with Crippen molar-refractivity contribution >= 4 is 35.6 Å². The highest BCUT2D eigenvalue weighted by atomic mass is 35.5. The highest BCUT2D eigenvalue weighted by molar-refractivity contribution is 6.33. The van der Waals surface area contributed by atoms with Crippen LogP contribution in [-0.4, -0.2) is 36.1 Å². The number of methoxy groups -OCH3 is 1. The number of carbonyl (C=O) groups is 3. The third-order valence-corrected chi connectivity index (χ3v) is 7.55. The van der Waals surface area contributed by atoms with Gasteiger partial charge in [-0.25, -0.2) is 4.79 Å². The first-order valence-corrected chi connectivity index (χ1v) is 10.9. The highest BCUT2D eigenvalue weighted by Gasteiger charge is 2.67. The number of rotatable bonds is 4. The molecule has 2 bridgehead atoms. The zero-order valence-corrected chi connectivity index (χ0v) is 17.9. The third-order valence-electron chi connectivity index (χ3n) is 7.22. The van der Waals surface area contributed by atoms with Gasteiger partial charge in [0, 0.05) is 5.56 Å². The van der Waals surface area contributed by atoms with Gasteiger partial charge in [0.05, 0.1) is 35.7 Å². The van der Waals surface area contributed by atoms with E-state index in [4.69, 9.17) is 20.8 Å². The fourth-order valence-corrected chi connectivity index (χ4v) is 5.89. The van der Waals surface area contributed by atoms with Crippen LogP contribution in [0.3, 0.4) is 0 Å². The Hall–Kier alpha value is -3.19. The lowest BCUT2D eigenvalue weighted by Crippen LogP contribution is -2.40. The number of carbonyl (C=O) groups excluding carboxylic acids is 3. The number of benzene rings is 1. The van der Waals surface area contributed by atoms with Gasteiger partial charge >= 0.3 is 5.97 Å². The summed E-state index contributed by atoms with van der Waals surface area (Å²) in [5.74, 6) is 0.763. The maximum atomic E-state index is 13.0. The number of hydrogen-bond donors (Lipinski definition) is 0. The summed E-state index contributed by atoms with van der Waals surface area (Å²) in [5, 5.41) is 5.49. The van der Waals surface area contributed by atoms with E-state index in [-0.39, 0.29) is 46.1 Å². The number of ether oxygens (including phenoxy) is 1. The van der Waals surface area contributed by atoms with Crippen LogP contribution in [0.25, 0.3) is 11.3 Å². The second-order valence-corrected chi connectivity index (χ2v) is 9.18. The molecule has 4 aliphatic carbocycles. The fraction of sp³-hybridized carbons (Fsp3) is 0.333. The Balaban J connectivity index is 1.23. The molecule has 2 aromatic rings. The Kier molecular flexibility index (Phi) is 4.21. The van der Waals surface area contributed by atoms with Crippen LogP contribution in [0.4, 0.5) is 0 Å². The van der Waals surface area contributed by atoms with E-state index < -0.39 is 5.97 Å². The van der Waals surface area contributed by atoms with Crippen molar-refractivity contribution in [3.63, 3.8) is 0 Å². The number of nitrogens with zero attached hydrogens (tertiary/aromatic N) is 2. The Bertz CT molecular complexity index is 1190. The summed E-state index contributed by atoms with van der Waals surface area (Å²) in [6, 6.07) is 8.30. The van der Waals surface area contributed by atoms with E-state index >= 15 is 0 Å². The van der Waals surface area contributed by atoms with E-state index in [1.54, 1.807) is 30.3 Å². The second-order valence-electron chi connectivity index (χ2n) is 8.78. The number of esters is 1. The lowest BCUT2D eigenvalue weighted by molar-refractivity contribution is -0.140. The van der Waals surface area contributed by atoms with Gasteiger partial charge in [0.15, 0.2) is 0 Å². The molecule has 0 unspecified atom stereocenters. The van der Waals surface area contributed by atoms with E-state index in [1.807, 2.05) is 0 Å². The summed E-state index contributed by atoms with van der Waals surface area (Å²) in [7, 11) is 1.29. The number of hydrogen-bond acceptors (Lipinski definition) is 6. The van der Waals surface area contributed by atoms with E-state index in [9.17, 15) is 14.4 Å². The number of halogens is 1. The van der Waals surface area contributed by atoms with Gasteiger partial charge in [0.1, 0.15) is 11.5 Å². The molecule has 0 radical (unpaired) electrons. The number of hydrazone groups is 1. The van der Waals surface area contributed by atoms with E-state index in [0.717, 1.165) is 11.4 Å². The molecule has 1 aromatic heterocycles. The van der Waals surface area contributed by atoms with E-state index in [2.05, 4.69) is 17.3 Å². The molecule has 6 atom stereocenters. The number of imide groups is 1. The average Bonchev–Trinajstić information content (AvgIpc) is 3.44.